The summed E-state index contributed by atoms with van der Waals surface area (Å²) in [6, 6.07) is 0. The molecule has 1 heterocycles. The standard InChI is InChI=1S/C8H17NO3/c1-11-7-6(5-10)3-4-9-8(7)12-2/h6-10H,3-5H2,1-2H3. The van der Waals surface area contributed by atoms with E-state index in [4.69, 9.17) is 14.6 Å². The molecule has 0 spiro atoms. The molecule has 1 aliphatic heterocycles. The molecule has 3 unspecified atom stereocenters. The lowest BCUT2D eigenvalue weighted by Gasteiger charge is -2.36. The number of nitrogens with one attached hydrogen (secondary N) is 1. The second-order valence-corrected chi connectivity index (χ2v) is 3.04. The highest BCUT2D eigenvalue weighted by Gasteiger charge is 2.32. The molecule has 1 fully saturated rings. The van der Waals surface area contributed by atoms with Crippen molar-refractivity contribution >= 4 is 0 Å². The number of ether oxygens (including phenoxy) is 2. The molecule has 4 heteroatoms. The van der Waals surface area contributed by atoms with Crippen LogP contribution >= 0.6 is 0 Å². The minimum absolute atomic E-state index is 0.0336. The summed E-state index contributed by atoms with van der Waals surface area (Å²) in [6.45, 7) is 1.05. The van der Waals surface area contributed by atoms with Crippen LogP contribution in [0.3, 0.4) is 0 Å². The zero-order valence-corrected chi connectivity index (χ0v) is 7.62. The van der Waals surface area contributed by atoms with Crippen molar-refractivity contribution < 1.29 is 14.6 Å². The van der Waals surface area contributed by atoms with E-state index in [2.05, 4.69) is 5.32 Å². The number of piperidine rings is 1. The molecule has 0 aromatic carbocycles. The molecule has 12 heavy (non-hydrogen) atoms. The summed E-state index contributed by atoms with van der Waals surface area (Å²) in [4.78, 5) is 0. The van der Waals surface area contributed by atoms with Gasteiger partial charge in [0.2, 0.25) is 0 Å². The Morgan fingerprint density at radius 3 is 2.67 bits per heavy atom. The molecule has 1 saturated heterocycles. The van der Waals surface area contributed by atoms with E-state index in [0.29, 0.717) is 0 Å². The molecule has 0 aliphatic carbocycles. The fraction of sp³-hybridized carbons (Fsp3) is 1.00. The first-order valence-corrected chi connectivity index (χ1v) is 4.23. The summed E-state index contributed by atoms with van der Waals surface area (Å²) < 4.78 is 10.4. The molecule has 3 atom stereocenters. The normalized spacial score (nSPS) is 36.8. The van der Waals surface area contributed by atoms with Crippen molar-refractivity contribution in [2.24, 2.45) is 5.92 Å². The molecule has 4 nitrogen and oxygen atoms in total. The Hall–Kier alpha value is -0.160. The molecule has 0 aromatic heterocycles. The van der Waals surface area contributed by atoms with E-state index in [1.54, 1.807) is 14.2 Å². The number of rotatable bonds is 3. The van der Waals surface area contributed by atoms with E-state index in [1.165, 1.54) is 0 Å². The molecule has 72 valence electrons. The molecule has 1 rings (SSSR count). The molecule has 0 amide bonds. The maximum atomic E-state index is 9.04. The van der Waals surface area contributed by atoms with Crippen LogP contribution in [0.5, 0.6) is 0 Å². The number of hydrogen-bond donors (Lipinski definition) is 2. The lowest BCUT2D eigenvalue weighted by molar-refractivity contribution is -0.106. The SMILES string of the molecule is COC1NCCC(CO)C1OC. The van der Waals surface area contributed by atoms with E-state index in [1.807, 2.05) is 0 Å². The maximum Gasteiger partial charge on any atom is 0.134 e. The van der Waals surface area contributed by atoms with Gasteiger partial charge in [0.1, 0.15) is 12.3 Å². The van der Waals surface area contributed by atoms with E-state index in [0.717, 1.165) is 13.0 Å². The van der Waals surface area contributed by atoms with Gasteiger partial charge in [-0.25, -0.2) is 0 Å². The highest BCUT2D eigenvalue weighted by atomic mass is 16.5. The first-order valence-electron chi connectivity index (χ1n) is 4.23. The van der Waals surface area contributed by atoms with Crippen LogP contribution in [0.2, 0.25) is 0 Å². The Kier molecular flexibility index (Phi) is 3.94. The average Bonchev–Trinajstić information content (AvgIpc) is 2.16. The number of aliphatic hydroxyl groups excluding tert-OH is 1. The lowest BCUT2D eigenvalue weighted by atomic mass is 9.94. The van der Waals surface area contributed by atoms with Gasteiger partial charge in [-0.3, -0.25) is 5.32 Å². The van der Waals surface area contributed by atoms with E-state index in [9.17, 15) is 0 Å². The monoisotopic (exact) mass is 175 g/mol. The molecule has 0 saturated carbocycles. The molecule has 0 bridgehead atoms. The smallest absolute Gasteiger partial charge is 0.134 e. The molecular weight excluding hydrogens is 158 g/mol. The molecule has 0 radical (unpaired) electrons. The van der Waals surface area contributed by atoms with Gasteiger partial charge in [0, 0.05) is 26.7 Å². The molecular formula is C8H17NO3. The highest BCUT2D eigenvalue weighted by Crippen LogP contribution is 2.19. The minimum atomic E-state index is -0.0825. The zero-order valence-electron chi connectivity index (χ0n) is 7.62. The summed E-state index contributed by atoms with van der Waals surface area (Å²) in [5, 5.41) is 12.2. The van der Waals surface area contributed by atoms with Gasteiger partial charge >= 0.3 is 0 Å². The second-order valence-electron chi connectivity index (χ2n) is 3.04. The van der Waals surface area contributed by atoms with Crippen LogP contribution in [-0.4, -0.2) is 44.8 Å². The third kappa shape index (κ3) is 1.95. The van der Waals surface area contributed by atoms with Gasteiger partial charge in [0.15, 0.2) is 0 Å². The van der Waals surface area contributed by atoms with Crippen molar-refractivity contribution in [2.45, 2.75) is 18.8 Å². The van der Waals surface area contributed by atoms with Crippen LogP contribution in [0.25, 0.3) is 0 Å². The third-order valence-electron chi connectivity index (χ3n) is 2.38. The Bertz CT molecular complexity index is 119. The first kappa shape index (κ1) is 9.92. The predicted molar refractivity (Wildman–Crippen MR) is 44.8 cm³/mol. The third-order valence-corrected chi connectivity index (χ3v) is 2.38. The molecule has 0 aromatic rings. The van der Waals surface area contributed by atoms with Gasteiger partial charge in [-0.05, 0) is 13.0 Å². The second kappa shape index (κ2) is 4.77. The number of hydrogen-bond acceptors (Lipinski definition) is 4. The van der Waals surface area contributed by atoms with Crippen molar-refractivity contribution in [2.75, 3.05) is 27.4 Å². The Morgan fingerprint density at radius 2 is 2.17 bits per heavy atom. The van der Waals surface area contributed by atoms with Crippen LogP contribution in [0, 0.1) is 5.92 Å². The van der Waals surface area contributed by atoms with E-state index in [-0.39, 0.29) is 24.9 Å². The predicted octanol–water partition coefficient (Wildman–Crippen LogP) is -0.424. The van der Waals surface area contributed by atoms with E-state index < -0.39 is 0 Å². The summed E-state index contributed by atoms with van der Waals surface area (Å²) in [5.41, 5.74) is 0. The Morgan fingerprint density at radius 1 is 1.42 bits per heavy atom. The van der Waals surface area contributed by atoms with Crippen molar-refractivity contribution in [3.8, 4) is 0 Å². The van der Waals surface area contributed by atoms with Crippen molar-refractivity contribution in [1.82, 2.24) is 5.32 Å². The van der Waals surface area contributed by atoms with Crippen LogP contribution in [0.15, 0.2) is 0 Å². The molecule has 2 N–H and O–H groups in total. The average molecular weight is 175 g/mol. The summed E-state index contributed by atoms with van der Waals surface area (Å²) in [5.74, 6) is 0.196. The van der Waals surface area contributed by atoms with Crippen molar-refractivity contribution in [1.29, 1.82) is 0 Å². The van der Waals surface area contributed by atoms with E-state index >= 15 is 0 Å². The van der Waals surface area contributed by atoms with Gasteiger partial charge < -0.3 is 14.6 Å². The van der Waals surface area contributed by atoms with Crippen molar-refractivity contribution in [3.05, 3.63) is 0 Å². The highest BCUT2D eigenvalue weighted by molar-refractivity contribution is 4.82. The van der Waals surface area contributed by atoms with Crippen LogP contribution in [0.4, 0.5) is 0 Å². The largest absolute Gasteiger partial charge is 0.396 e. The fourth-order valence-corrected chi connectivity index (χ4v) is 1.67. The van der Waals surface area contributed by atoms with Gasteiger partial charge in [-0.2, -0.15) is 0 Å². The molecule has 1 aliphatic rings. The van der Waals surface area contributed by atoms with Crippen LogP contribution < -0.4 is 5.32 Å². The summed E-state index contributed by atoms with van der Waals surface area (Å²) in [7, 11) is 3.29. The van der Waals surface area contributed by atoms with Gasteiger partial charge in [-0.15, -0.1) is 0 Å². The Labute approximate surface area is 72.9 Å². The minimum Gasteiger partial charge on any atom is -0.396 e. The first-order chi connectivity index (χ1) is 5.83. The Balaban J connectivity index is 2.52. The van der Waals surface area contributed by atoms with Crippen LogP contribution in [-0.2, 0) is 9.47 Å². The summed E-state index contributed by atoms with van der Waals surface area (Å²) in [6.07, 6.45) is 0.823. The zero-order chi connectivity index (χ0) is 8.97. The van der Waals surface area contributed by atoms with Gasteiger partial charge in [-0.1, -0.05) is 0 Å². The van der Waals surface area contributed by atoms with Gasteiger partial charge in [0.25, 0.3) is 0 Å². The number of methoxy groups -OCH3 is 2. The topological polar surface area (TPSA) is 50.7 Å². The van der Waals surface area contributed by atoms with Crippen molar-refractivity contribution in [3.63, 3.8) is 0 Å². The quantitative estimate of drug-likeness (QED) is 0.611. The van der Waals surface area contributed by atoms with Gasteiger partial charge in [0.05, 0.1) is 0 Å². The number of aliphatic hydroxyl groups is 1. The summed E-state index contributed by atoms with van der Waals surface area (Å²) >= 11 is 0. The maximum absolute atomic E-state index is 9.04. The fourth-order valence-electron chi connectivity index (χ4n) is 1.67. The van der Waals surface area contributed by atoms with Crippen LogP contribution in [0.1, 0.15) is 6.42 Å². The lowest BCUT2D eigenvalue weighted by Crippen LogP contribution is -2.52.